The highest BCUT2D eigenvalue weighted by atomic mass is 19.1. The van der Waals surface area contributed by atoms with E-state index in [1.165, 1.54) is 17.2 Å². The molecule has 0 aliphatic carbocycles. The van der Waals surface area contributed by atoms with E-state index in [0.29, 0.717) is 16.9 Å². The molecular weight excluding hydrogens is 291 g/mol. The van der Waals surface area contributed by atoms with E-state index in [-0.39, 0.29) is 0 Å². The van der Waals surface area contributed by atoms with E-state index in [9.17, 15) is 14.6 Å². The van der Waals surface area contributed by atoms with Gasteiger partial charge in [-0.1, -0.05) is 5.92 Å². The number of rotatable bonds is 3. The molecule has 2 N–H and O–H groups in total. The van der Waals surface area contributed by atoms with E-state index in [0.717, 1.165) is 0 Å². The van der Waals surface area contributed by atoms with E-state index in [1.807, 2.05) is 0 Å². The van der Waals surface area contributed by atoms with E-state index in [4.69, 9.17) is 11.2 Å². The van der Waals surface area contributed by atoms with Gasteiger partial charge in [-0.3, -0.25) is 8.96 Å². The third-order valence-electron chi connectivity index (χ3n) is 4.05. The Morgan fingerprint density at radius 1 is 1.50 bits per heavy atom. The molecule has 4 atom stereocenters. The number of nitrogens with zero attached hydrogens (tertiary/aromatic N) is 4. The number of fused-ring (bicyclic) bond motifs is 1. The summed E-state index contributed by atoms with van der Waals surface area (Å²) in [6, 6.07) is 0. The number of ether oxygens (including phenoxy) is 1. The molecule has 0 saturated carbocycles. The Morgan fingerprint density at radius 3 is 2.91 bits per heavy atom. The van der Waals surface area contributed by atoms with Crippen molar-refractivity contribution in [2.24, 2.45) is 5.92 Å². The largest absolute Gasteiger partial charge is 0.392 e. The first-order valence-corrected chi connectivity index (χ1v) is 6.72. The minimum Gasteiger partial charge on any atom is -0.392 e. The summed E-state index contributed by atoms with van der Waals surface area (Å²) in [5.41, 5.74) is 0.0406. The zero-order valence-electron chi connectivity index (χ0n) is 11.8. The Labute approximate surface area is 125 Å². The van der Waals surface area contributed by atoms with Crippen LogP contribution in [0.25, 0.3) is 11.2 Å². The lowest BCUT2D eigenvalue weighted by molar-refractivity contribution is -0.0899. The first-order chi connectivity index (χ1) is 10.6. The van der Waals surface area contributed by atoms with E-state index in [1.54, 1.807) is 6.92 Å². The SMILES string of the molecule is C#CC1(CO)OC(n2cnc3c(C)ncnc32)C(CF)[C@@H]1O. The zero-order chi connectivity index (χ0) is 15.9. The average Bonchev–Trinajstić information content (AvgIpc) is 3.07. The molecule has 8 heteroatoms. The Bertz CT molecular complexity index is 743. The van der Waals surface area contributed by atoms with E-state index in [2.05, 4.69) is 20.9 Å². The van der Waals surface area contributed by atoms with Gasteiger partial charge in [0.25, 0.3) is 0 Å². The molecule has 1 saturated heterocycles. The molecular formula is C14H15FN4O3. The molecule has 7 nitrogen and oxygen atoms in total. The van der Waals surface area contributed by atoms with Crippen molar-refractivity contribution in [2.75, 3.05) is 13.3 Å². The van der Waals surface area contributed by atoms with Crippen LogP contribution in [0.15, 0.2) is 12.7 Å². The molecule has 0 spiro atoms. The predicted octanol–water partition coefficient (Wildman–Crippen LogP) is -0.0256. The summed E-state index contributed by atoms with van der Waals surface area (Å²) < 4.78 is 20.6. The molecule has 3 rings (SSSR count). The number of terminal acetylenes is 1. The highest BCUT2D eigenvalue weighted by molar-refractivity contribution is 5.72. The van der Waals surface area contributed by atoms with Gasteiger partial charge < -0.3 is 14.9 Å². The van der Waals surface area contributed by atoms with Crippen LogP contribution in [0.2, 0.25) is 0 Å². The van der Waals surface area contributed by atoms with Gasteiger partial charge in [0.05, 0.1) is 31.2 Å². The Hall–Kier alpha value is -2.08. The number of aromatic nitrogens is 4. The Morgan fingerprint density at radius 2 is 2.27 bits per heavy atom. The zero-order valence-corrected chi connectivity index (χ0v) is 11.8. The van der Waals surface area contributed by atoms with Gasteiger partial charge in [0.2, 0.25) is 0 Å². The number of hydrogen-bond donors (Lipinski definition) is 2. The van der Waals surface area contributed by atoms with Gasteiger partial charge in [0.15, 0.2) is 11.2 Å². The summed E-state index contributed by atoms with van der Waals surface area (Å²) in [6.07, 6.45) is 5.93. The van der Waals surface area contributed by atoms with Crippen molar-refractivity contribution in [1.29, 1.82) is 0 Å². The second-order valence-corrected chi connectivity index (χ2v) is 5.25. The molecule has 2 aromatic rings. The second-order valence-electron chi connectivity index (χ2n) is 5.25. The molecule has 0 bridgehead atoms. The Balaban J connectivity index is 2.10. The molecule has 3 unspecified atom stereocenters. The fraction of sp³-hybridized carbons (Fsp3) is 0.500. The van der Waals surface area contributed by atoms with Gasteiger partial charge in [-0.2, -0.15) is 0 Å². The minimum atomic E-state index is -1.64. The van der Waals surface area contributed by atoms with Crippen LogP contribution in [0, 0.1) is 25.2 Å². The summed E-state index contributed by atoms with van der Waals surface area (Å²) in [6.45, 7) is 0.301. The first kappa shape index (κ1) is 14.8. The summed E-state index contributed by atoms with van der Waals surface area (Å²) in [7, 11) is 0. The van der Waals surface area contributed by atoms with Crippen molar-refractivity contribution in [3.8, 4) is 12.3 Å². The fourth-order valence-corrected chi connectivity index (χ4v) is 2.75. The number of aliphatic hydroxyl groups excluding tert-OH is 2. The molecule has 0 radical (unpaired) electrons. The first-order valence-electron chi connectivity index (χ1n) is 6.72. The van der Waals surface area contributed by atoms with Crippen molar-refractivity contribution in [1.82, 2.24) is 19.5 Å². The minimum absolute atomic E-state index is 0.453. The number of hydrogen-bond acceptors (Lipinski definition) is 6. The fourth-order valence-electron chi connectivity index (χ4n) is 2.75. The molecule has 0 aromatic carbocycles. The van der Waals surface area contributed by atoms with Crippen LogP contribution < -0.4 is 0 Å². The lowest BCUT2D eigenvalue weighted by atomic mass is 9.91. The average molecular weight is 306 g/mol. The van der Waals surface area contributed by atoms with E-state index < -0.39 is 37.1 Å². The number of imidazole rings is 1. The van der Waals surface area contributed by atoms with Crippen molar-refractivity contribution in [2.45, 2.75) is 24.9 Å². The molecule has 1 fully saturated rings. The summed E-state index contributed by atoms with van der Waals surface area (Å²) in [4.78, 5) is 12.4. The normalized spacial score (nSPS) is 31.5. The van der Waals surface area contributed by atoms with Crippen molar-refractivity contribution >= 4 is 11.2 Å². The lowest BCUT2D eigenvalue weighted by Crippen LogP contribution is -2.43. The molecule has 22 heavy (non-hydrogen) atoms. The maximum absolute atomic E-state index is 13.4. The van der Waals surface area contributed by atoms with Crippen LogP contribution in [-0.4, -0.2) is 54.7 Å². The standard InChI is InChI=1S/C14H15FN4O3/c1-3-14(5-20)11(21)9(4-15)13(22-14)19-7-18-10-8(2)16-6-17-12(10)19/h1,6-7,9,11,13,20-21H,4-5H2,2H3/t9?,11-,13?,14?/m0/s1. The summed E-state index contributed by atoms with van der Waals surface area (Å²) in [5, 5.41) is 19.7. The molecule has 3 heterocycles. The van der Waals surface area contributed by atoms with Crippen molar-refractivity contribution in [3.05, 3.63) is 18.3 Å². The number of alkyl halides is 1. The van der Waals surface area contributed by atoms with Crippen LogP contribution >= 0.6 is 0 Å². The van der Waals surface area contributed by atoms with Gasteiger partial charge in [0.1, 0.15) is 24.2 Å². The predicted molar refractivity (Wildman–Crippen MR) is 74.3 cm³/mol. The van der Waals surface area contributed by atoms with Crippen LogP contribution in [-0.2, 0) is 4.74 Å². The topological polar surface area (TPSA) is 93.3 Å². The van der Waals surface area contributed by atoms with Crippen molar-refractivity contribution < 1.29 is 19.3 Å². The monoisotopic (exact) mass is 306 g/mol. The van der Waals surface area contributed by atoms with Gasteiger partial charge in [-0.05, 0) is 6.92 Å². The quantitative estimate of drug-likeness (QED) is 0.774. The molecule has 116 valence electrons. The maximum Gasteiger partial charge on any atom is 0.179 e. The molecule has 2 aromatic heterocycles. The smallest absolute Gasteiger partial charge is 0.179 e. The van der Waals surface area contributed by atoms with Gasteiger partial charge >= 0.3 is 0 Å². The summed E-state index contributed by atoms with van der Waals surface area (Å²) in [5.74, 6) is 1.30. The van der Waals surface area contributed by atoms with E-state index >= 15 is 0 Å². The van der Waals surface area contributed by atoms with Crippen molar-refractivity contribution in [3.63, 3.8) is 0 Å². The lowest BCUT2D eigenvalue weighted by Gasteiger charge is -2.23. The molecule has 1 aliphatic heterocycles. The van der Waals surface area contributed by atoms with Crippen LogP contribution in [0.4, 0.5) is 4.39 Å². The third-order valence-corrected chi connectivity index (χ3v) is 4.05. The van der Waals surface area contributed by atoms with Crippen LogP contribution in [0.3, 0.4) is 0 Å². The highest BCUT2D eigenvalue weighted by Gasteiger charge is 2.54. The van der Waals surface area contributed by atoms with Gasteiger partial charge in [0, 0.05) is 0 Å². The van der Waals surface area contributed by atoms with Gasteiger partial charge in [-0.15, -0.1) is 6.42 Å². The van der Waals surface area contributed by atoms with Crippen LogP contribution in [0.5, 0.6) is 0 Å². The summed E-state index contributed by atoms with van der Waals surface area (Å²) >= 11 is 0. The molecule has 0 amide bonds. The highest BCUT2D eigenvalue weighted by Crippen LogP contribution is 2.42. The number of aliphatic hydroxyl groups is 2. The van der Waals surface area contributed by atoms with Gasteiger partial charge in [-0.25, -0.2) is 15.0 Å². The third kappa shape index (κ3) is 1.90. The maximum atomic E-state index is 13.4. The number of halogens is 1. The Kier molecular flexibility index (Phi) is 3.56. The molecule has 1 aliphatic rings. The van der Waals surface area contributed by atoms with Crippen LogP contribution in [0.1, 0.15) is 11.9 Å². The number of aryl methyl sites for hydroxylation is 1. The second kappa shape index (κ2) is 5.28.